The highest BCUT2D eigenvalue weighted by Gasteiger charge is 2.18. The Morgan fingerprint density at radius 2 is 2.20 bits per heavy atom. The first-order valence-electron chi connectivity index (χ1n) is 4.98. The molecule has 0 spiro atoms. The van der Waals surface area contributed by atoms with Crippen molar-refractivity contribution in [2.45, 2.75) is 39.2 Å². The van der Waals surface area contributed by atoms with Crippen LogP contribution in [0.4, 0.5) is 0 Å². The Hall–Kier alpha value is -0.550. The standard InChI is InChI=1S/C11H19O3P/c1-5-7-8-9-10-11(3,4)14-15(12)13-6-2/h5,15H,1,6-8H2,2-4H3. The molecule has 1 atom stereocenters. The van der Waals surface area contributed by atoms with Gasteiger partial charge in [0.25, 0.3) is 0 Å². The molecule has 0 saturated heterocycles. The van der Waals surface area contributed by atoms with Crippen LogP contribution in [0.1, 0.15) is 33.6 Å². The van der Waals surface area contributed by atoms with E-state index < -0.39 is 13.9 Å². The molecule has 0 N–H and O–H groups in total. The molecule has 86 valence electrons. The van der Waals surface area contributed by atoms with Gasteiger partial charge in [-0.1, -0.05) is 17.9 Å². The predicted octanol–water partition coefficient (Wildman–Crippen LogP) is 3.18. The molecule has 0 heterocycles. The van der Waals surface area contributed by atoms with Crippen LogP contribution in [0.5, 0.6) is 0 Å². The molecular formula is C11H19O3P. The van der Waals surface area contributed by atoms with E-state index in [0.717, 1.165) is 12.8 Å². The monoisotopic (exact) mass is 230 g/mol. The minimum absolute atomic E-state index is 0.387. The summed E-state index contributed by atoms with van der Waals surface area (Å²) in [6.07, 6.45) is 3.40. The van der Waals surface area contributed by atoms with E-state index >= 15 is 0 Å². The molecule has 0 aromatic carbocycles. The van der Waals surface area contributed by atoms with E-state index in [1.807, 2.05) is 6.08 Å². The van der Waals surface area contributed by atoms with Crippen molar-refractivity contribution >= 4 is 8.25 Å². The van der Waals surface area contributed by atoms with Crippen molar-refractivity contribution in [1.82, 2.24) is 0 Å². The number of unbranched alkanes of at least 4 members (excludes halogenated alkanes) is 1. The van der Waals surface area contributed by atoms with Gasteiger partial charge in [-0.05, 0) is 27.2 Å². The van der Waals surface area contributed by atoms with Crippen LogP contribution in [-0.2, 0) is 13.6 Å². The summed E-state index contributed by atoms with van der Waals surface area (Å²) in [5.41, 5.74) is -0.716. The highest BCUT2D eigenvalue weighted by Crippen LogP contribution is 2.30. The summed E-state index contributed by atoms with van der Waals surface area (Å²) < 4.78 is 21.2. The Labute approximate surface area is 92.8 Å². The lowest BCUT2D eigenvalue weighted by Gasteiger charge is -2.17. The van der Waals surface area contributed by atoms with Crippen molar-refractivity contribution in [3.63, 3.8) is 0 Å². The fraction of sp³-hybridized carbons (Fsp3) is 0.636. The van der Waals surface area contributed by atoms with Gasteiger partial charge in [-0.15, -0.1) is 6.58 Å². The van der Waals surface area contributed by atoms with Crippen LogP contribution in [0.3, 0.4) is 0 Å². The van der Waals surface area contributed by atoms with E-state index in [-0.39, 0.29) is 0 Å². The van der Waals surface area contributed by atoms with Crippen molar-refractivity contribution in [3.8, 4) is 11.8 Å². The zero-order valence-corrected chi connectivity index (χ0v) is 10.6. The van der Waals surface area contributed by atoms with E-state index in [1.54, 1.807) is 20.8 Å². The van der Waals surface area contributed by atoms with E-state index in [0.29, 0.717) is 6.61 Å². The Balaban J connectivity index is 4.08. The smallest absolute Gasteiger partial charge is 0.311 e. The van der Waals surface area contributed by atoms with Gasteiger partial charge in [0, 0.05) is 6.42 Å². The summed E-state index contributed by atoms with van der Waals surface area (Å²) in [6, 6.07) is 0. The number of hydrogen-bond acceptors (Lipinski definition) is 3. The first-order valence-corrected chi connectivity index (χ1v) is 6.21. The second-order valence-corrected chi connectivity index (χ2v) is 4.42. The van der Waals surface area contributed by atoms with Gasteiger partial charge in [0.2, 0.25) is 0 Å². The summed E-state index contributed by atoms with van der Waals surface area (Å²) in [7, 11) is -2.41. The maximum atomic E-state index is 11.2. The summed E-state index contributed by atoms with van der Waals surface area (Å²) in [4.78, 5) is 0. The topological polar surface area (TPSA) is 35.5 Å². The summed E-state index contributed by atoms with van der Waals surface area (Å²) in [5, 5.41) is 0. The second-order valence-electron chi connectivity index (χ2n) is 3.42. The highest BCUT2D eigenvalue weighted by atomic mass is 31.1. The molecule has 0 radical (unpaired) electrons. The molecule has 0 aromatic heterocycles. The Bertz CT molecular complexity index is 273. The second kappa shape index (κ2) is 7.70. The maximum absolute atomic E-state index is 11.2. The van der Waals surface area contributed by atoms with Crippen LogP contribution in [0.25, 0.3) is 0 Å². The highest BCUT2D eigenvalue weighted by molar-refractivity contribution is 7.33. The molecular weight excluding hydrogens is 211 g/mol. The minimum Gasteiger partial charge on any atom is -0.311 e. The van der Waals surface area contributed by atoms with E-state index in [1.165, 1.54) is 0 Å². The largest absolute Gasteiger partial charge is 0.320 e. The first kappa shape index (κ1) is 14.5. The lowest BCUT2D eigenvalue weighted by molar-refractivity contribution is 0.143. The van der Waals surface area contributed by atoms with Crippen LogP contribution < -0.4 is 0 Å². The molecule has 0 aliphatic heterocycles. The average molecular weight is 230 g/mol. The Kier molecular flexibility index (Phi) is 7.42. The van der Waals surface area contributed by atoms with Crippen molar-refractivity contribution < 1.29 is 13.6 Å². The number of rotatable bonds is 6. The molecule has 4 heteroatoms. The molecule has 1 unspecified atom stereocenters. The molecule has 15 heavy (non-hydrogen) atoms. The van der Waals surface area contributed by atoms with Gasteiger partial charge in [0.1, 0.15) is 5.60 Å². The molecule has 0 bridgehead atoms. The Morgan fingerprint density at radius 3 is 2.73 bits per heavy atom. The summed E-state index contributed by atoms with van der Waals surface area (Å²) >= 11 is 0. The van der Waals surface area contributed by atoms with Crippen LogP contribution in [-0.4, -0.2) is 12.2 Å². The quantitative estimate of drug-likeness (QED) is 0.304. The third-order valence-electron chi connectivity index (χ3n) is 1.46. The van der Waals surface area contributed by atoms with Gasteiger partial charge in [-0.3, -0.25) is 9.09 Å². The SMILES string of the molecule is C=CCCC#CC(C)(C)O[PH](=O)OCC. The molecule has 0 aromatic rings. The third-order valence-corrected chi connectivity index (χ3v) is 2.66. The van der Waals surface area contributed by atoms with Crippen LogP contribution >= 0.6 is 8.25 Å². The van der Waals surface area contributed by atoms with Gasteiger partial charge in [-0.25, -0.2) is 0 Å². The lowest BCUT2D eigenvalue weighted by atomic mass is 10.1. The minimum atomic E-state index is -2.41. The molecule has 0 saturated carbocycles. The lowest BCUT2D eigenvalue weighted by Crippen LogP contribution is -2.18. The van der Waals surface area contributed by atoms with Gasteiger partial charge in [-0.2, -0.15) is 0 Å². The molecule has 0 aliphatic rings. The predicted molar refractivity (Wildman–Crippen MR) is 63.0 cm³/mol. The van der Waals surface area contributed by atoms with E-state index in [2.05, 4.69) is 18.4 Å². The summed E-state index contributed by atoms with van der Waals surface area (Å²) in [6.45, 7) is 9.31. The van der Waals surface area contributed by atoms with E-state index in [9.17, 15) is 4.57 Å². The molecule has 0 fully saturated rings. The van der Waals surface area contributed by atoms with Crippen LogP contribution in [0, 0.1) is 11.8 Å². The van der Waals surface area contributed by atoms with Crippen molar-refractivity contribution in [2.75, 3.05) is 6.61 Å². The third kappa shape index (κ3) is 8.44. The molecule has 0 amide bonds. The molecule has 0 rings (SSSR count). The van der Waals surface area contributed by atoms with Crippen LogP contribution in [0.2, 0.25) is 0 Å². The van der Waals surface area contributed by atoms with Crippen molar-refractivity contribution in [2.24, 2.45) is 0 Å². The summed E-state index contributed by atoms with van der Waals surface area (Å²) in [5.74, 6) is 5.86. The fourth-order valence-electron chi connectivity index (χ4n) is 0.831. The Morgan fingerprint density at radius 1 is 1.53 bits per heavy atom. The van der Waals surface area contributed by atoms with Gasteiger partial charge in [0.15, 0.2) is 0 Å². The van der Waals surface area contributed by atoms with Crippen molar-refractivity contribution in [3.05, 3.63) is 12.7 Å². The fourth-order valence-corrected chi connectivity index (χ4v) is 1.59. The molecule has 3 nitrogen and oxygen atoms in total. The van der Waals surface area contributed by atoms with Crippen molar-refractivity contribution in [1.29, 1.82) is 0 Å². The molecule has 0 aliphatic carbocycles. The number of allylic oxidation sites excluding steroid dienone is 1. The number of hydrogen-bond donors (Lipinski definition) is 0. The van der Waals surface area contributed by atoms with E-state index in [4.69, 9.17) is 9.05 Å². The average Bonchev–Trinajstić information content (AvgIpc) is 2.12. The zero-order valence-electron chi connectivity index (χ0n) is 9.63. The zero-order chi connectivity index (χ0) is 11.7. The van der Waals surface area contributed by atoms with Gasteiger partial charge < -0.3 is 4.52 Å². The van der Waals surface area contributed by atoms with Gasteiger partial charge >= 0.3 is 8.25 Å². The normalized spacial score (nSPS) is 12.7. The van der Waals surface area contributed by atoms with Crippen LogP contribution in [0.15, 0.2) is 12.7 Å². The van der Waals surface area contributed by atoms with Gasteiger partial charge in [0.05, 0.1) is 6.61 Å². The first-order chi connectivity index (χ1) is 7.02. The maximum Gasteiger partial charge on any atom is 0.320 e.